The van der Waals surface area contributed by atoms with Crippen LogP contribution in [0.1, 0.15) is 11.1 Å². The zero-order valence-corrected chi connectivity index (χ0v) is 13.2. The lowest BCUT2D eigenvalue weighted by molar-refractivity contribution is 0.116. The molecule has 0 aromatic heterocycles. The van der Waals surface area contributed by atoms with E-state index in [1.165, 1.54) is 0 Å². The normalized spacial score (nSPS) is 11.6. The Morgan fingerprint density at radius 2 is 1.70 bits per heavy atom. The number of aliphatic hydroxyl groups excluding tert-OH is 2. The number of hydrogen-bond donors (Lipinski definition) is 2. The van der Waals surface area contributed by atoms with E-state index < -0.39 is 5.41 Å². The fraction of sp³-hybridized carbons (Fsp3) is 0.250. The van der Waals surface area contributed by atoms with Gasteiger partial charge in [-0.25, -0.2) is 0 Å². The van der Waals surface area contributed by atoms with Crippen LogP contribution in [0, 0.1) is 0 Å². The fourth-order valence-electron chi connectivity index (χ4n) is 2.27. The van der Waals surface area contributed by atoms with Gasteiger partial charge in [-0.05, 0) is 35.7 Å². The van der Waals surface area contributed by atoms with Gasteiger partial charge in [-0.15, -0.1) is 0 Å². The molecule has 0 bridgehead atoms. The Kier molecular flexibility index (Phi) is 5.22. The van der Waals surface area contributed by atoms with Crippen LogP contribution in [0.3, 0.4) is 0 Å². The minimum Gasteiger partial charge on any atom is -0.395 e. The maximum atomic E-state index is 9.85. The molecule has 0 aliphatic heterocycles. The summed E-state index contributed by atoms with van der Waals surface area (Å²) in [5.41, 5.74) is 1.06. The van der Waals surface area contributed by atoms with Gasteiger partial charge < -0.3 is 10.2 Å². The van der Waals surface area contributed by atoms with Crippen LogP contribution in [0.25, 0.3) is 0 Å². The number of aliphatic hydroxyl groups is 2. The molecule has 0 heterocycles. The number of halogens is 2. The van der Waals surface area contributed by atoms with Gasteiger partial charge in [0.15, 0.2) is 0 Å². The van der Waals surface area contributed by atoms with E-state index in [1.807, 2.05) is 48.5 Å². The van der Waals surface area contributed by atoms with E-state index >= 15 is 0 Å². The Morgan fingerprint density at radius 3 is 2.30 bits per heavy atom. The van der Waals surface area contributed by atoms with Gasteiger partial charge in [0.25, 0.3) is 0 Å². The van der Waals surface area contributed by atoms with Crippen molar-refractivity contribution >= 4 is 27.5 Å². The van der Waals surface area contributed by atoms with Crippen molar-refractivity contribution in [3.8, 4) is 0 Å². The monoisotopic (exact) mass is 354 g/mol. The van der Waals surface area contributed by atoms with Crippen LogP contribution >= 0.6 is 27.5 Å². The van der Waals surface area contributed by atoms with Crippen molar-refractivity contribution in [1.82, 2.24) is 0 Å². The summed E-state index contributed by atoms with van der Waals surface area (Å²) >= 11 is 9.61. The van der Waals surface area contributed by atoms with Crippen LogP contribution in [0.5, 0.6) is 0 Å². The summed E-state index contributed by atoms with van der Waals surface area (Å²) in [6.45, 7) is -0.295. The molecule has 0 unspecified atom stereocenters. The molecular weight excluding hydrogens is 340 g/mol. The molecule has 0 aliphatic rings. The lowest BCUT2D eigenvalue weighted by Gasteiger charge is -2.31. The Labute approximate surface area is 132 Å². The number of benzene rings is 2. The van der Waals surface area contributed by atoms with E-state index in [9.17, 15) is 10.2 Å². The molecule has 0 radical (unpaired) electrons. The van der Waals surface area contributed by atoms with Crippen molar-refractivity contribution in [1.29, 1.82) is 0 Å². The third kappa shape index (κ3) is 3.23. The zero-order chi connectivity index (χ0) is 14.6. The first-order chi connectivity index (χ1) is 9.61. The molecule has 2 rings (SSSR count). The third-order valence-corrected chi connectivity index (χ3v) is 4.39. The van der Waals surface area contributed by atoms with Crippen molar-refractivity contribution in [3.05, 3.63) is 69.2 Å². The van der Waals surface area contributed by atoms with Crippen molar-refractivity contribution in [3.63, 3.8) is 0 Å². The van der Waals surface area contributed by atoms with Crippen LogP contribution in [0.2, 0.25) is 5.02 Å². The topological polar surface area (TPSA) is 40.5 Å². The van der Waals surface area contributed by atoms with Gasteiger partial charge in [0.1, 0.15) is 0 Å². The highest BCUT2D eigenvalue weighted by atomic mass is 79.9. The van der Waals surface area contributed by atoms with E-state index in [-0.39, 0.29) is 13.2 Å². The first kappa shape index (κ1) is 15.5. The summed E-state index contributed by atoms with van der Waals surface area (Å²) < 4.78 is 0.917. The molecule has 2 aromatic rings. The molecule has 0 atom stereocenters. The summed E-state index contributed by atoms with van der Waals surface area (Å²) in [5, 5.41) is 20.4. The maximum absolute atomic E-state index is 9.85. The average Bonchev–Trinajstić information content (AvgIpc) is 2.47. The van der Waals surface area contributed by atoms with Crippen molar-refractivity contribution in [2.24, 2.45) is 0 Å². The highest BCUT2D eigenvalue weighted by molar-refractivity contribution is 9.10. The van der Waals surface area contributed by atoms with Crippen LogP contribution in [0.4, 0.5) is 0 Å². The lowest BCUT2D eigenvalue weighted by atomic mass is 9.77. The number of rotatable bonds is 5. The Morgan fingerprint density at radius 1 is 1.00 bits per heavy atom. The van der Waals surface area contributed by atoms with Crippen LogP contribution < -0.4 is 0 Å². The SMILES string of the molecule is OCC(CO)(Cc1ccccc1Cl)c1cccc(Br)c1. The standard InChI is InChI=1S/C16H16BrClO2/c17-14-6-3-5-13(8-14)16(10-19,11-20)9-12-4-1-2-7-15(12)18/h1-8,19-20H,9-11H2. The van der Waals surface area contributed by atoms with Gasteiger partial charge in [-0.3, -0.25) is 0 Å². The van der Waals surface area contributed by atoms with Crippen molar-refractivity contribution in [2.75, 3.05) is 13.2 Å². The molecule has 0 saturated carbocycles. The molecule has 106 valence electrons. The second kappa shape index (κ2) is 6.72. The average molecular weight is 356 g/mol. The van der Waals surface area contributed by atoms with Crippen LogP contribution in [0.15, 0.2) is 53.0 Å². The van der Waals surface area contributed by atoms with E-state index in [0.717, 1.165) is 15.6 Å². The molecule has 2 N–H and O–H groups in total. The second-order valence-corrected chi connectivity index (χ2v) is 6.20. The highest BCUT2D eigenvalue weighted by Crippen LogP contribution is 2.32. The second-order valence-electron chi connectivity index (χ2n) is 4.88. The molecule has 0 aliphatic carbocycles. The quantitative estimate of drug-likeness (QED) is 0.861. The minimum atomic E-state index is -0.741. The van der Waals surface area contributed by atoms with E-state index in [0.29, 0.717) is 11.4 Å². The van der Waals surface area contributed by atoms with E-state index in [4.69, 9.17) is 11.6 Å². The van der Waals surface area contributed by atoms with Gasteiger partial charge in [-0.2, -0.15) is 0 Å². The summed E-state index contributed by atoms with van der Waals surface area (Å²) in [5.74, 6) is 0. The Bertz CT molecular complexity index is 582. The predicted molar refractivity (Wildman–Crippen MR) is 85.1 cm³/mol. The third-order valence-electron chi connectivity index (χ3n) is 3.53. The van der Waals surface area contributed by atoms with Crippen LogP contribution in [-0.4, -0.2) is 23.4 Å². The van der Waals surface area contributed by atoms with Gasteiger partial charge >= 0.3 is 0 Å². The van der Waals surface area contributed by atoms with E-state index in [2.05, 4.69) is 15.9 Å². The maximum Gasteiger partial charge on any atom is 0.0553 e. The molecule has 0 fully saturated rings. The Balaban J connectivity index is 2.42. The summed E-state index contributed by atoms with van der Waals surface area (Å²) in [7, 11) is 0. The minimum absolute atomic E-state index is 0.148. The highest BCUT2D eigenvalue weighted by Gasteiger charge is 2.32. The molecule has 2 nitrogen and oxygen atoms in total. The van der Waals surface area contributed by atoms with Crippen LogP contribution in [-0.2, 0) is 11.8 Å². The first-order valence-corrected chi connectivity index (χ1v) is 7.49. The van der Waals surface area contributed by atoms with Gasteiger partial charge in [0.2, 0.25) is 0 Å². The van der Waals surface area contributed by atoms with Gasteiger partial charge in [-0.1, -0.05) is 57.9 Å². The summed E-state index contributed by atoms with van der Waals surface area (Å²) in [4.78, 5) is 0. The lowest BCUT2D eigenvalue weighted by Crippen LogP contribution is -2.37. The molecule has 4 heteroatoms. The fourth-order valence-corrected chi connectivity index (χ4v) is 2.87. The smallest absolute Gasteiger partial charge is 0.0553 e. The van der Waals surface area contributed by atoms with Gasteiger partial charge in [0, 0.05) is 14.9 Å². The molecule has 0 spiro atoms. The Hall–Kier alpha value is -0.870. The van der Waals surface area contributed by atoms with E-state index in [1.54, 1.807) is 0 Å². The largest absolute Gasteiger partial charge is 0.395 e. The summed E-state index contributed by atoms with van der Waals surface area (Å²) in [6, 6.07) is 15.1. The molecule has 2 aromatic carbocycles. The van der Waals surface area contributed by atoms with Crippen molar-refractivity contribution in [2.45, 2.75) is 11.8 Å². The van der Waals surface area contributed by atoms with Crippen molar-refractivity contribution < 1.29 is 10.2 Å². The molecule has 20 heavy (non-hydrogen) atoms. The molecule has 0 saturated heterocycles. The first-order valence-electron chi connectivity index (χ1n) is 6.32. The molecule has 0 amide bonds. The predicted octanol–water partition coefficient (Wildman–Crippen LogP) is 3.57. The number of hydrogen-bond acceptors (Lipinski definition) is 2. The van der Waals surface area contributed by atoms with Gasteiger partial charge in [0.05, 0.1) is 13.2 Å². The molecular formula is C16H16BrClO2. The zero-order valence-electron chi connectivity index (χ0n) is 10.9. The summed E-state index contributed by atoms with van der Waals surface area (Å²) in [6.07, 6.45) is 0.482.